The average Bonchev–Trinajstić information content (AvgIpc) is 2.57. The summed E-state index contributed by atoms with van der Waals surface area (Å²) in [7, 11) is 1.42. The lowest BCUT2D eigenvalue weighted by atomic mass is 10.2. The molecule has 1 rings (SSSR count). The van der Waals surface area contributed by atoms with Crippen molar-refractivity contribution in [1.29, 1.82) is 0 Å². The van der Waals surface area contributed by atoms with Gasteiger partial charge < -0.3 is 19.5 Å². The maximum atomic E-state index is 12.1. The number of esters is 1. The first-order valence-electron chi connectivity index (χ1n) is 8.06. The molecular formula is C17H23ClN2O6. The smallest absolute Gasteiger partial charge is 0.338 e. The second kappa shape index (κ2) is 10.5. The quantitative estimate of drug-likeness (QED) is 0.665. The van der Waals surface area contributed by atoms with Crippen LogP contribution in [0.25, 0.3) is 0 Å². The fourth-order valence-corrected chi connectivity index (χ4v) is 2.12. The van der Waals surface area contributed by atoms with E-state index in [4.69, 9.17) is 25.8 Å². The zero-order valence-corrected chi connectivity index (χ0v) is 15.9. The van der Waals surface area contributed by atoms with Crippen molar-refractivity contribution in [3.63, 3.8) is 0 Å². The minimum atomic E-state index is -0.786. The van der Waals surface area contributed by atoms with Crippen LogP contribution in [-0.4, -0.2) is 44.3 Å². The highest BCUT2D eigenvalue weighted by Gasteiger charge is 2.18. The van der Waals surface area contributed by atoms with Gasteiger partial charge in [0.2, 0.25) is 0 Å². The van der Waals surface area contributed by atoms with Gasteiger partial charge in [0.25, 0.3) is 5.91 Å². The predicted octanol–water partition coefficient (Wildman–Crippen LogP) is 2.53. The Morgan fingerprint density at radius 2 is 1.92 bits per heavy atom. The third-order valence-electron chi connectivity index (χ3n) is 2.92. The lowest BCUT2D eigenvalue weighted by Gasteiger charge is -2.13. The molecule has 144 valence electrons. The van der Waals surface area contributed by atoms with Crippen LogP contribution in [0.15, 0.2) is 12.1 Å². The van der Waals surface area contributed by atoms with Crippen LogP contribution in [0, 0.1) is 0 Å². The van der Waals surface area contributed by atoms with E-state index >= 15 is 0 Å². The number of amides is 3. The van der Waals surface area contributed by atoms with Gasteiger partial charge in [-0.25, -0.2) is 9.59 Å². The summed E-state index contributed by atoms with van der Waals surface area (Å²) in [6.07, 6.45) is 0.781. The van der Waals surface area contributed by atoms with E-state index in [2.05, 4.69) is 5.32 Å². The van der Waals surface area contributed by atoms with Crippen molar-refractivity contribution in [2.24, 2.45) is 0 Å². The number of hydrogen-bond acceptors (Lipinski definition) is 6. The van der Waals surface area contributed by atoms with Crippen LogP contribution in [0.5, 0.6) is 11.5 Å². The SMILES string of the molecule is CCCOc1c(Cl)cc(C(=O)OCC(=O)NC(=O)NC(C)C)cc1OC. The molecule has 3 amide bonds. The van der Waals surface area contributed by atoms with Crippen molar-refractivity contribution in [3.05, 3.63) is 22.7 Å². The molecule has 1 aromatic carbocycles. The summed E-state index contributed by atoms with van der Waals surface area (Å²) in [5.41, 5.74) is 0.0927. The Kier molecular flexibility index (Phi) is 8.71. The van der Waals surface area contributed by atoms with E-state index < -0.39 is 24.5 Å². The third kappa shape index (κ3) is 6.79. The maximum absolute atomic E-state index is 12.1. The van der Waals surface area contributed by atoms with Gasteiger partial charge in [0.05, 0.1) is 24.3 Å². The van der Waals surface area contributed by atoms with Crippen molar-refractivity contribution in [2.75, 3.05) is 20.3 Å². The van der Waals surface area contributed by atoms with Crippen molar-refractivity contribution < 1.29 is 28.6 Å². The first-order valence-corrected chi connectivity index (χ1v) is 8.44. The molecule has 0 heterocycles. The molecule has 0 saturated heterocycles. The van der Waals surface area contributed by atoms with Crippen molar-refractivity contribution in [1.82, 2.24) is 10.6 Å². The molecule has 0 fully saturated rings. The lowest BCUT2D eigenvalue weighted by Crippen LogP contribution is -2.44. The van der Waals surface area contributed by atoms with Crippen LogP contribution < -0.4 is 20.1 Å². The molecule has 0 aromatic heterocycles. The molecule has 0 aliphatic rings. The van der Waals surface area contributed by atoms with Gasteiger partial charge >= 0.3 is 12.0 Å². The highest BCUT2D eigenvalue weighted by Crippen LogP contribution is 2.36. The molecule has 0 atom stereocenters. The topological polar surface area (TPSA) is 103 Å². The van der Waals surface area contributed by atoms with Crippen LogP contribution in [0.3, 0.4) is 0 Å². The minimum Gasteiger partial charge on any atom is -0.493 e. The molecule has 0 radical (unpaired) electrons. The predicted molar refractivity (Wildman–Crippen MR) is 95.9 cm³/mol. The van der Waals surface area contributed by atoms with Gasteiger partial charge in [-0.05, 0) is 32.4 Å². The van der Waals surface area contributed by atoms with Gasteiger partial charge in [-0.15, -0.1) is 0 Å². The van der Waals surface area contributed by atoms with Gasteiger partial charge in [0, 0.05) is 6.04 Å². The summed E-state index contributed by atoms with van der Waals surface area (Å²) in [5.74, 6) is -0.932. The number of carbonyl (C=O) groups excluding carboxylic acids is 3. The number of hydrogen-bond donors (Lipinski definition) is 2. The summed E-state index contributed by atoms with van der Waals surface area (Å²) in [6.45, 7) is 5.26. The Balaban J connectivity index is 2.71. The number of ether oxygens (including phenoxy) is 3. The molecule has 26 heavy (non-hydrogen) atoms. The van der Waals surface area contributed by atoms with Gasteiger partial charge in [0.15, 0.2) is 18.1 Å². The number of halogens is 1. The molecule has 0 spiro atoms. The van der Waals surface area contributed by atoms with E-state index in [1.165, 1.54) is 19.2 Å². The van der Waals surface area contributed by atoms with Crippen LogP contribution >= 0.6 is 11.6 Å². The minimum absolute atomic E-state index is 0.0927. The first-order chi connectivity index (χ1) is 12.3. The Hall–Kier alpha value is -2.48. The molecular weight excluding hydrogens is 364 g/mol. The second-order valence-electron chi connectivity index (χ2n) is 5.59. The summed E-state index contributed by atoms with van der Waals surface area (Å²) in [4.78, 5) is 35.1. The Morgan fingerprint density at radius 3 is 2.50 bits per heavy atom. The van der Waals surface area contributed by atoms with Crippen LogP contribution in [0.2, 0.25) is 5.02 Å². The zero-order chi connectivity index (χ0) is 19.7. The van der Waals surface area contributed by atoms with E-state index in [1.54, 1.807) is 13.8 Å². The van der Waals surface area contributed by atoms with Crippen molar-refractivity contribution in [3.8, 4) is 11.5 Å². The number of rotatable bonds is 8. The molecule has 2 N–H and O–H groups in total. The van der Waals surface area contributed by atoms with Crippen LogP contribution in [0.1, 0.15) is 37.6 Å². The number of nitrogens with one attached hydrogen (secondary N) is 2. The van der Waals surface area contributed by atoms with Crippen LogP contribution in [0.4, 0.5) is 4.79 Å². The number of methoxy groups -OCH3 is 1. The standard InChI is InChI=1S/C17H23ClN2O6/c1-5-6-25-15-12(18)7-11(8-13(15)24-4)16(22)26-9-14(21)20-17(23)19-10(2)3/h7-8,10H,5-6,9H2,1-4H3,(H2,19,20,21,23). The first kappa shape index (κ1) is 21.6. The number of imide groups is 1. The second-order valence-corrected chi connectivity index (χ2v) is 6.00. The van der Waals surface area contributed by atoms with E-state index in [1.807, 2.05) is 12.2 Å². The van der Waals surface area contributed by atoms with Crippen LogP contribution in [-0.2, 0) is 9.53 Å². The zero-order valence-electron chi connectivity index (χ0n) is 15.2. The largest absolute Gasteiger partial charge is 0.493 e. The molecule has 0 unspecified atom stereocenters. The lowest BCUT2D eigenvalue weighted by molar-refractivity contribution is -0.123. The summed E-state index contributed by atoms with van der Waals surface area (Å²) >= 11 is 6.13. The molecule has 9 heteroatoms. The monoisotopic (exact) mass is 386 g/mol. The van der Waals surface area contributed by atoms with E-state index in [-0.39, 0.29) is 22.4 Å². The molecule has 0 bridgehead atoms. The molecule has 0 aliphatic carbocycles. The summed E-state index contributed by atoms with van der Waals surface area (Å²) in [5, 5.41) is 4.71. The van der Waals surface area contributed by atoms with Crippen molar-refractivity contribution >= 4 is 29.5 Å². The number of carbonyl (C=O) groups is 3. The molecule has 0 aliphatic heterocycles. The van der Waals surface area contributed by atoms with Gasteiger partial charge in [-0.3, -0.25) is 10.1 Å². The summed E-state index contributed by atoms with van der Waals surface area (Å²) in [6, 6.07) is 1.97. The highest BCUT2D eigenvalue weighted by molar-refractivity contribution is 6.32. The van der Waals surface area contributed by atoms with Crippen molar-refractivity contribution in [2.45, 2.75) is 33.2 Å². The van der Waals surface area contributed by atoms with E-state index in [0.717, 1.165) is 6.42 Å². The summed E-state index contributed by atoms with van der Waals surface area (Å²) < 4.78 is 15.6. The average molecular weight is 387 g/mol. The highest BCUT2D eigenvalue weighted by atomic mass is 35.5. The Bertz CT molecular complexity index is 663. The normalized spacial score (nSPS) is 10.2. The maximum Gasteiger partial charge on any atom is 0.338 e. The Morgan fingerprint density at radius 1 is 1.23 bits per heavy atom. The fraction of sp³-hybridized carbons (Fsp3) is 0.471. The number of urea groups is 1. The fourth-order valence-electron chi connectivity index (χ4n) is 1.86. The van der Waals surface area contributed by atoms with Gasteiger partial charge in [-0.1, -0.05) is 18.5 Å². The molecule has 8 nitrogen and oxygen atoms in total. The molecule has 1 aromatic rings. The Labute approximate surface area is 157 Å². The third-order valence-corrected chi connectivity index (χ3v) is 3.20. The van der Waals surface area contributed by atoms with Gasteiger partial charge in [-0.2, -0.15) is 0 Å². The van der Waals surface area contributed by atoms with E-state index in [0.29, 0.717) is 12.4 Å². The molecule has 0 saturated carbocycles. The van der Waals surface area contributed by atoms with Gasteiger partial charge in [0.1, 0.15) is 0 Å². The van der Waals surface area contributed by atoms with E-state index in [9.17, 15) is 14.4 Å². The number of benzene rings is 1.